The molecule has 0 radical (unpaired) electrons. The van der Waals surface area contributed by atoms with E-state index in [9.17, 15) is 12.8 Å². The predicted octanol–water partition coefficient (Wildman–Crippen LogP) is 1.54. The molecule has 1 aromatic carbocycles. The Labute approximate surface area is 82.4 Å². The minimum absolute atomic E-state index is 0.0590. The van der Waals surface area contributed by atoms with Gasteiger partial charge in [0.15, 0.2) is 9.84 Å². The molecule has 78 valence electrons. The Kier molecular flexibility index (Phi) is 3.46. The zero-order chi connectivity index (χ0) is 10.6. The van der Waals surface area contributed by atoms with E-state index >= 15 is 0 Å². The molecule has 3 nitrogen and oxygen atoms in total. The van der Waals surface area contributed by atoms with Crippen molar-refractivity contribution in [1.82, 2.24) is 0 Å². The fourth-order valence-electron chi connectivity index (χ4n) is 1.09. The molecule has 0 atom stereocenters. The number of halogens is 1. The van der Waals surface area contributed by atoms with Gasteiger partial charge in [-0.25, -0.2) is 12.8 Å². The van der Waals surface area contributed by atoms with Crippen LogP contribution in [0.25, 0.3) is 0 Å². The number of ether oxygens (including phenoxy) is 1. The number of hydrogen-bond acceptors (Lipinski definition) is 3. The van der Waals surface area contributed by atoms with Crippen LogP contribution in [0.5, 0.6) is 5.75 Å². The van der Waals surface area contributed by atoms with Crippen LogP contribution in [0.3, 0.4) is 0 Å². The van der Waals surface area contributed by atoms with E-state index in [1.54, 1.807) is 18.2 Å². The normalized spacial score (nSPS) is 11.3. The van der Waals surface area contributed by atoms with E-state index in [0.29, 0.717) is 11.3 Å². The summed E-state index contributed by atoms with van der Waals surface area (Å²) in [5.74, 6) is 0.282. The Morgan fingerprint density at radius 3 is 2.71 bits per heavy atom. The molecule has 0 heterocycles. The monoisotopic (exact) mass is 218 g/mol. The summed E-state index contributed by atoms with van der Waals surface area (Å²) in [7, 11) is -3.06. The quantitative estimate of drug-likeness (QED) is 0.769. The lowest BCUT2D eigenvalue weighted by Gasteiger charge is -2.03. The van der Waals surface area contributed by atoms with Gasteiger partial charge in [-0.05, 0) is 17.7 Å². The fraction of sp³-hybridized carbons (Fsp3) is 0.333. The summed E-state index contributed by atoms with van der Waals surface area (Å²) in [5, 5.41) is 0. The van der Waals surface area contributed by atoms with E-state index in [2.05, 4.69) is 4.74 Å². The molecule has 0 unspecified atom stereocenters. The first-order valence-electron chi connectivity index (χ1n) is 3.97. The summed E-state index contributed by atoms with van der Waals surface area (Å²) in [6.45, 7) is -0.914. The van der Waals surface area contributed by atoms with E-state index in [1.165, 1.54) is 6.07 Å². The van der Waals surface area contributed by atoms with Crippen LogP contribution in [0, 0.1) is 0 Å². The highest BCUT2D eigenvalue weighted by Gasteiger charge is 2.05. The average molecular weight is 218 g/mol. The smallest absolute Gasteiger partial charge is 0.228 e. The molecule has 0 fully saturated rings. The fourth-order valence-corrected chi connectivity index (χ4v) is 1.88. The molecule has 0 aromatic heterocycles. The number of benzene rings is 1. The molecule has 0 aliphatic rings. The second-order valence-corrected chi connectivity index (χ2v) is 5.11. The van der Waals surface area contributed by atoms with Gasteiger partial charge in [-0.15, -0.1) is 0 Å². The SMILES string of the molecule is CS(=O)(=O)Cc1cccc(OCF)c1. The Morgan fingerprint density at radius 1 is 1.43 bits per heavy atom. The summed E-state index contributed by atoms with van der Waals surface area (Å²) >= 11 is 0. The van der Waals surface area contributed by atoms with Gasteiger partial charge in [-0.1, -0.05) is 12.1 Å². The molecular formula is C9H11FO3S. The second kappa shape index (κ2) is 4.41. The maximum Gasteiger partial charge on any atom is 0.228 e. The van der Waals surface area contributed by atoms with Gasteiger partial charge < -0.3 is 4.74 Å². The molecule has 0 amide bonds. The minimum atomic E-state index is -3.06. The lowest BCUT2D eigenvalue weighted by Crippen LogP contribution is -2.01. The van der Waals surface area contributed by atoms with Gasteiger partial charge in [0.25, 0.3) is 0 Å². The summed E-state index contributed by atoms with van der Waals surface area (Å²) in [5.41, 5.74) is 0.596. The summed E-state index contributed by atoms with van der Waals surface area (Å²) in [6, 6.07) is 6.38. The van der Waals surface area contributed by atoms with Gasteiger partial charge >= 0.3 is 0 Å². The van der Waals surface area contributed by atoms with Crippen LogP contribution in [0.4, 0.5) is 4.39 Å². The van der Waals surface area contributed by atoms with Crippen molar-refractivity contribution in [3.8, 4) is 5.75 Å². The van der Waals surface area contributed by atoms with Gasteiger partial charge in [0, 0.05) is 6.26 Å². The topological polar surface area (TPSA) is 43.4 Å². The molecule has 0 saturated carbocycles. The van der Waals surface area contributed by atoms with Crippen molar-refractivity contribution in [3.05, 3.63) is 29.8 Å². The van der Waals surface area contributed by atoms with E-state index in [1.807, 2.05) is 0 Å². The van der Waals surface area contributed by atoms with Gasteiger partial charge in [-0.3, -0.25) is 0 Å². The first kappa shape index (κ1) is 11.0. The number of alkyl halides is 1. The summed E-state index contributed by atoms with van der Waals surface area (Å²) in [4.78, 5) is 0. The van der Waals surface area contributed by atoms with Crippen molar-refractivity contribution < 1.29 is 17.5 Å². The molecule has 0 aliphatic heterocycles. The Hall–Kier alpha value is -1.10. The summed E-state index contributed by atoms with van der Waals surface area (Å²) in [6.07, 6.45) is 1.15. The van der Waals surface area contributed by atoms with Crippen molar-refractivity contribution in [3.63, 3.8) is 0 Å². The summed E-state index contributed by atoms with van der Waals surface area (Å²) < 4.78 is 38.3. The molecule has 0 aliphatic carbocycles. The Morgan fingerprint density at radius 2 is 2.14 bits per heavy atom. The minimum Gasteiger partial charge on any atom is -0.463 e. The standard InChI is InChI=1S/C9H11FO3S/c1-14(11,12)6-8-3-2-4-9(5-8)13-7-10/h2-5H,6-7H2,1H3. The third-order valence-electron chi connectivity index (χ3n) is 1.55. The van der Waals surface area contributed by atoms with Crippen molar-refractivity contribution in [2.45, 2.75) is 5.75 Å². The highest BCUT2D eigenvalue weighted by molar-refractivity contribution is 7.89. The van der Waals surface area contributed by atoms with E-state index < -0.39 is 16.7 Å². The maximum absolute atomic E-state index is 11.8. The van der Waals surface area contributed by atoms with Crippen LogP contribution in [0.15, 0.2) is 24.3 Å². The number of hydrogen-bond donors (Lipinski definition) is 0. The van der Waals surface area contributed by atoms with Gasteiger partial charge in [-0.2, -0.15) is 0 Å². The first-order chi connectivity index (χ1) is 6.51. The van der Waals surface area contributed by atoms with Crippen molar-refractivity contribution in [2.75, 3.05) is 13.1 Å². The number of rotatable bonds is 4. The first-order valence-corrected chi connectivity index (χ1v) is 6.03. The van der Waals surface area contributed by atoms with Crippen LogP contribution >= 0.6 is 0 Å². The highest BCUT2D eigenvalue weighted by atomic mass is 32.2. The van der Waals surface area contributed by atoms with Crippen LogP contribution in [-0.4, -0.2) is 21.5 Å². The highest BCUT2D eigenvalue weighted by Crippen LogP contribution is 2.15. The third-order valence-corrected chi connectivity index (χ3v) is 2.41. The molecule has 5 heteroatoms. The Balaban J connectivity index is 2.83. The lowest BCUT2D eigenvalue weighted by atomic mass is 10.2. The van der Waals surface area contributed by atoms with Crippen LogP contribution in [-0.2, 0) is 15.6 Å². The van der Waals surface area contributed by atoms with Gasteiger partial charge in [0.2, 0.25) is 6.86 Å². The van der Waals surface area contributed by atoms with Crippen LogP contribution in [0.2, 0.25) is 0 Å². The van der Waals surface area contributed by atoms with Gasteiger partial charge in [0.05, 0.1) is 5.75 Å². The van der Waals surface area contributed by atoms with Crippen LogP contribution < -0.4 is 4.74 Å². The van der Waals surface area contributed by atoms with Crippen LogP contribution in [0.1, 0.15) is 5.56 Å². The zero-order valence-corrected chi connectivity index (χ0v) is 8.55. The van der Waals surface area contributed by atoms with E-state index in [-0.39, 0.29) is 5.75 Å². The molecule has 1 aromatic rings. The molecule has 0 bridgehead atoms. The van der Waals surface area contributed by atoms with Crippen molar-refractivity contribution in [2.24, 2.45) is 0 Å². The van der Waals surface area contributed by atoms with Gasteiger partial charge in [0.1, 0.15) is 5.75 Å². The molecule has 14 heavy (non-hydrogen) atoms. The van der Waals surface area contributed by atoms with E-state index in [4.69, 9.17) is 0 Å². The maximum atomic E-state index is 11.8. The average Bonchev–Trinajstić information content (AvgIpc) is 2.02. The largest absolute Gasteiger partial charge is 0.463 e. The molecule has 0 saturated heterocycles. The molecule has 1 rings (SSSR count). The number of sulfone groups is 1. The van der Waals surface area contributed by atoms with Crippen molar-refractivity contribution >= 4 is 9.84 Å². The zero-order valence-electron chi connectivity index (χ0n) is 7.73. The molecule has 0 spiro atoms. The Bertz CT molecular complexity index is 400. The molecule has 0 N–H and O–H groups in total. The molecular weight excluding hydrogens is 207 g/mol. The van der Waals surface area contributed by atoms with E-state index in [0.717, 1.165) is 6.26 Å². The lowest BCUT2D eigenvalue weighted by molar-refractivity contribution is 0.191. The second-order valence-electron chi connectivity index (χ2n) is 2.97. The third kappa shape index (κ3) is 3.74. The van der Waals surface area contributed by atoms with Crippen molar-refractivity contribution in [1.29, 1.82) is 0 Å². The predicted molar refractivity (Wildman–Crippen MR) is 51.6 cm³/mol.